The van der Waals surface area contributed by atoms with Gasteiger partial charge in [0.05, 0.1) is 19.4 Å². The van der Waals surface area contributed by atoms with Gasteiger partial charge in [-0.15, -0.1) is 0 Å². The summed E-state index contributed by atoms with van der Waals surface area (Å²) in [5.74, 6) is 0.536. The molecule has 1 heterocycles. The molecule has 0 bridgehead atoms. The number of aryl methyl sites for hydroxylation is 1. The van der Waals surface area contributed by atoms with E-state index in [0.29, 0.717) is 24.4 Å². The van der Waals surface area contributed by atoms with E-state index < -0.39 is 0 Å². The van der Waals surface area contributed by atoms with Gasteiger partial charge >= 0.3 is 0 Å². The monoisotopic (exact) mass is 240 g/mol. The number of Topliss-reactive ketones (excluding diaryl/α,β-unsaturated/α-hetero) is 1. The molecule has 0 aliphatic heterocycles. The average Bonchev–Trinajstić information content (AvgIpc) is 2.72. The van der Waals surface area contributed by atoms with Crippen molar-refractivity contribution in [2.24, 2.45) is 0 Å². The van der Waals surface area contributed by atoms with Gasteiger partial charge in [0.15, 0.2) is 11.5 Å². The lowest BCUT2D eigenvalue weighted by atomic mass is 10.1. The average molecular weight is 240 g/mol. The van der Waals surface area contributed by atoms with Crippen molar-refractivity contribution in [1.82, 2.24) is 9.78 Å². The maximum atomic E-state index is 12.1. The molecule has 0 amide bonds. The Kier molecular flexibility index (Phi) is 5.15. The van der Waals surface area contributed by atoms with Gasteiger partial charge in [0, 0.05) is 20.1 Å². The van der Waals surface area contributed by atoms with Gasteiger partial charge in [0.25, 0.3) is 0 Å². The predicted molar refractivity (Wildman–Crippen MR) is 64.5 cm³/mol. The fourth-order valence-electron chi connectivity index (χ4n) is 1.62. The maximum absolute atomic E-state index is 12.1. The number of nitrogens with zero attached hydrogens (tertiary/aromatic N) is 2. The zero-order valence-corrected chi connectivity index (χ0v) is 10.9. The molecule has 5 nitrogen and oxygen atoms in total. The molecule has 5 heteroatoms. The van der Waals surface area contributed by atoms with Gasteiger partial charge in [0.2, 0.25) is 0 Å². The summed E-state index contributed by atoms with van der Waals surface area (Å²) >= 11 is 0. The largest absolute Gasteiger partial charge is 0.493 e. The maximum Gasteiger partial charge on any atom is 0.187 e. The Morgan fingerprint density at radius 3 is 2.76 bits per heavy atom. The lowest BCUT2D eigenvalue weighted by Crippen LogP contribution is -2.17. The minimum absolute atomic E-state index is 0.00199. The SMILES string of the molecule is CCCn1ncc(OC)c1C(=O)CC(C)OC. The van der Waals surface area contributed by atoms with Gasteiger partial charge in [0.1, 0.15) is 5.69 Å². The van der Waals surface area contributed by atoms with Gasteiger partial charge < -0.3 is 9.47 Å². The van der Waals surface area contributed by atoms with Crippen molar-refractivity contribution in [3.05, 3.63) is 11.9 Å². The number of aromatic nitrogens is 2. The molecule has 96 valence electrons. The van der Waals surface area contributed by atoms with Crippen LogP contribution in [0.3, 0.4) is 0 Å². The summed E-state index contributed by atoms with van der Waals surface area (Å²) in [5.41, 5.74) is 0.540. The van der Waals surface area contributed by atoms with Gasteiger partial charge in [-0.25, -0.2) is 0 Å². The molecule has 0 aromatic carbocycles. The number of ketones is 1. The predicted octanol–water partition coefficient (Wildman–Crippen LogP) is 1.91. The van der Waals surface area contributed by atoms with Crippen LogP contribution in [0.2, 0.25) is 0 Å². The smallest absolute Gasteiger partial charge is 0.187 e. The first kappa shape index (κ1) is 13.7. The van der Waals surface area contributed by atoms with E-state index in [-0.39, 0.29) is 11.9 Å². The van der Waals surface area contributed by atoms with E-state index in [1.165, 1.54) is 0 Å². The van der Waals surface area contributed by atoms with Gasteiger partial charge in [-0.3, -0.25) is 9.48 Å². The Balaban J connectivity index is 2.92. The number of hydrogen-bond donors (Lipinski definition) is 0. The molecule has 0 saturated heterocycles. The molecule has 0 aliphatic carbocycles. The van der Waals surface area contributed by atoms with Crippen LogP contribution in [0.4, 0.5) is 0 Å². The summed E-state index contributed by atoms with van der Waals surface area (Å²) in [4.78, 5) is 12.1. The van der Waals surface area contributed by atoms with Crippen molar-refractivity contribution < 1.29 is 14.3 Å². The highest BCUT2D eigenvalue weighted by Gasteiger charge is 2.20. The third-order valence-electron chi connectivity index (χ3n) is 2.60. The zero-order valence-electron chi connectivity index (χ0n) is 10.9. The molecule has 1 aromatic rings. The van der Waals surface area contributed by atoms with Crippen LogP contribution in [-0.2, 0) is 11.3 Å². The lowest BCUT2D eigenvalue weighted by Gasteiger charge is -2.10. The quantitative estimate of drug-likeness (QED) is 0.683. The Morgan fingerprint density at radius 1 is 1.53 bits per heavy atom. The number of carbonyl (C=O) groups is 1. The van der Waals surface area contributed by atoms with Crippen LogP contribution in [0.1, 0.15) is 37.2 Å². The van der Waals surface area contributed by atoms with Crippen molar-refractivity contribution >= 4 is 5.78 Å². The van der Waals surface area contributed by atoms with E-state index in [4.69, 9.17) is 9.47 Å². The summed E-state index contributed by atoms with van der Waals surface area (Å²) in [6, 6.07) is 0. The first-order chi connectivity index (χ1) is 8.13. The molecule has 1 atom stereocenters. The molecule has 1 aromatic heterocycles. The van der Waals surface area contributed by atoms with Crippen molar-refractivity contribution in [2.45, 2.75) is 39.3 Å². The van der Waals surface area contributed by atoms with Crippen molar-refractivity contribution in [3.8, 4) is 5.75 Å². The summed E-state index contributed by atoms with van der Waals surface area (Å²) in [6.07, 6.45) is 2.74. The van der Waals surface area contributed by atoms with E-state index in [2.05, 4.69) is 5.10 Å². The molecule has 0 fully saturated rings. The van der Waals surface area contributed by atoms with Crippen molar-refractivity contribution in [2.75, 3.05) is 14.2 Å². The van der Waals surface area contributed by atoms with E-state index in [1.807, 2.05) is 13.8 Å². The second-order valence-electron chi connectivity index (χ2n) is 3.96. The molecular formula is C12H20N2O3. The molecule has 0 N–H and O–H groups in total. The van der Waals surface area contributed by atoms with Gasteiger partial charge in [-0.05, 0) is 13.3 Å². The second kappa shape index (κ2) is 6.39. The summed E-state index contributed by atoms with van der Waals surface area (Å²) in [7, 11) is 3.14. The highest BCUT2D eigenvalue weighted by Crippen LogP contribution is 2.20. The van der Waals surface area contributed by atoms with Gasteiger partial charge in [-0.2, -0.15) is 5.10 Å². The first-order valence-electron chi connectivity index (χ1n) is 5.79. The standard InChI is InChI=1S/C12H20N2O3/c1-5-6-14-12(11(17-4)8-13-14)10(15)7-9(2)16-3/h8-9H,5-7H2,1-4H3. The van der Waals surface area contributed by atoms with Crippen LogP contribution in [0.15, 0.2) is 6.20 Å². The number of hydrogen-bond acceptors (Lipinski definition) is 4. The lowest BCUT2D eigenvalue weighted by molar-refractivity contribution is 0.0780. The highest BCUT2D eigenvalue weighted by atomic mass is 16.5. The Morgan fingerprint density at radius 2 is 2.24 bits per heavy atom. The molecule has 1 rings (SSSR count). The van der Waals surface area contributed by atoms with Crippen LogP contribution < -0.4 is 4.74 Å². The molecule has 17 heavy (non-hydrogen) atoms. The fraction of sp³-hybridized carbons (Fsp3) is 0.667. The third kappa shape index (κ3) is 3.30. The van der Waals surface area contributed by atoms with Crippen LogP contribution in [0.5, 0.6) is 5.75 Å². The first-order valence-corrected chi connectivity index (χ1v) is 5.79. The van der Waals surface area contributed by atoms with Crippen LogP contribution in [-0.4, -0.2) is 35.9 Å². The number of methoxy groups -OCH3 is 2. The van der Waals surface area contributed by atoms with Crippen molar-refractivity contribution in [3.63, 3.8) is 0 Å². The number of carbonyl (C=O) groups excluding carboxylic acids is 1. The van der Waals surface area contributed by atoms with Crippen molar-refractivity contribution in [1.29, 1.82) is 0 Å². The summed E-state index contributed by atoms with van der Waals surface area (Å²) in [5, 5.41) is 4.16. The van der Waals surface area contributed by atoms with Crippen LogP contribution >= 0.6 is 0 Å². The molecule has 1 unspecified atom stereocenters. The minimum atomic E-state index is -0.0998. The Bertz CT molecular complexity index is 374. The Hall–Kier alpha value is -1.36. The normalized spacial score (nSPS) is 12.5. The Labute approximate surface area is 102 Å². The molecular weight excluding hydrogens is 220 g/mol. The second-order valence-corrected chi connectivity index (χ2v) is 3.96. The third-order valence-corrected chi connectivity index (χ3v) is 2.60. The topological polar surface area (TPSA) is 53.4 Å². The minimum Gasteiger partial charge on any atom is -0.493 e. The molecule has 0 saturated carbocycles. The van der Waals surface area contributed by atoms with Gasteiger partial charge in [-0.1, -0.05) is 6.92 Å². The molecule has 0 spiro atoms. The zero-order chi connectivity index (χ0) is 12.8. The van der Waals surface area contributed by atoms with Crippen LogP contribution in [0.25, 0.3) is 0 Å². The van der Waals surface area contributed by atoms with E-state index in [1.54, 1.807) is 25.1 Å². The van der Waals surface area contributed by atoms with Crippen LogP contribution in [0, 0.1) is 0 Å². The van der Waals surface area contributed by atoms with E-state index >= 15 is 0 Å². The highest BCUT2D eigenvalue weighted by molar-refractivity contribution is 5.97. The van der Waals surface area contributed by atoms with E-state index in [0.717, 1.165) is 6.42 Å². The number of ether oxygens (including phenoxy) is 2. The summed E-state index contributed by atoms with van der Waals surface area (Å²) < 4.78 is 12.0. The van der Waals surface area contributed by atoms with E-state index in [9.17, 15) is 4.79 Å². The molecule has 0 radical (unpaired) electrons. The fourth-order valence-corrected chi connectivity index (χ4v) is 1.62. The number of rotatable bonds is 7. The summed E-state index contributed by atoms with van der Waals surface area (Å²) in [6.45, 7) is 4.62. The molecule has 0 aliphatic rings.